The molecule has 0 amide bonds. The van der Waals surface area contributed by atoms with E-state index in [4.69, 9.17) is 0 Å². The van der Waals surface area contributed by atoms with Crippen LogP contribution in [-0.4, -0.2) is 34.1 Å². The summed E-state index contributed by atoms with van der Waals surface area (Å²) in [5, 5.41) is 10.2. The van der Waals surface area contributed by atoms with E-state index < -0.39 is 0 Å². The summed E-state index contributed by atoms with van der Waals surface area (Å²) in [4.78, 5) is 10.3. The molecule has 0 saturated carbocycles. The fourth-order valence-corrected chi connectivity index (χ4v) is 4.19. The number of rotatable bonds is 5. The standard InChI is InChI=1S/C14H20N4S2/c1-2-6-15-14-17-12(11-5-9-20-13(11)18-14)16-10-3-7-19-8-4-10/h5,9-10H,2-4,6-8H2,1H3,(H2,15,16,17,18). The SMILES string of the molecule is CCCNc1nc(NC2CCSCC2)c2ccsc2n1. The molecule has 1 aliphatic heterocycles. The molecule has 3 rings (SSSR count). The summed E-state index contributed by atoms with van der Waals surface area (Å²) in [7, 11) is 0. The van der Waals surface area contributed by atoms with Gasteiger partial charge in [-0.2, -0.15) is 16.7 Å². The van der Waals surface area contributed by atoms with Crippen molar-refractivity contribution >= 4 is 45.1 Å². The lowest BCUT2D eigenvalue weighted by atomic mass is 10.1. The number of thioether (sulfide) groups is 1. The second-order valence-electron chi connectivity index (χ2n) is 4.99. The Balaban J connectivity index is 1.84. The Morgan fingerprint density at radius 1 is 1.30 bits per heavy atom. The van der Waals surface area contributed by atoms with Crippen molar-refractivity contribution in [3.63, 3.8) is 0 Å². The highest BCUT2D eigenvalue weighted by molar-refractivity contribution is 7.99. The van der Waals surface area contributed by atoms with E-state index in [-0.39, 0.29) is 0 Å². The predicted octanol–water partition coefficient (Wildman–Crippen LogP) is 3.82. The summed E-state index contributed by atoms with van der Waals surface area (Å²) < 4.78 is 0. The van der Waals surface area contributed by atoms with Crippen LogP contribution < -0.4 is 10.6 Å². The predicted molar refractivity (Wildman–Crippen MR) is 90.2 cm³/mol. The molecule has 0 bridgehead atoms. The van der Waals surface area contributed by atoms with E-state index in [1.165, 1.54) is 24.3 Å². The highest BCUT2D eigenvalue weighted by atomic mass is 32.2. The quantitative estimate of drug-likeness (QED) is 0.879. The lowest BCUT2D eigenvalue weighted by molar-refractivity contribution is 0.664. The summed E-state index contributed by atoms with van der Waals surface area (Å²) in [6.45, 7) is 3.06. The maximum Gasteiger partial charge on any atom is 0.226 e. The normalized spacial score (nSPS) is 16.4. The van der Waals surface area contributed by atoms with Crippen molar-refractivity contribution in [2.75, 3.05) is 28.7 Å². The average molecular weight is 308 g/mol. The van der Waals surface area contributed by atoms with Gasteiger partial charge in [-0.3, -0.25) is 0 Å². The molecule has 1 saturated heterocycles. The Morgan fingerprint density at radius 3 is 2.95 bits per heavy atom. The fourth-order valence-electron chi connectivity index (χ4n) is 2.32. The smallest absolute Gasteiger partial charge is 0.226 e. The maximum absolute atomic E-state index is 4.67. The van der Waals surface area contributed by atoms with Gasteiger partial charge in [0.1, 0.15) is 10.6 Å². The van der Waals surface area contributed by atoms with Crippen molar-refractivity contribution in [3.05, 3.63) is 11.4 Å². The molecular weight excluding hydrogens is 288 g/mol. The van der Waals surface area contributed by atoms with Crippen molar-refractivity contribution < 1.29 is 0 Å². The largest absolute Gasteiger partial charge is 0.367 e. The lowest BCUT2D eigenvalue weighted by Crippen LogP contribution is -2.25. The van der Waals surface area contributed by atoms with E-state index in [0.717, 1.165) is 34.9 Å². The average Bonchev–Trinajstić information content (AvgIpc) is 2.95. The molecule has 0 unspecified atom stereocenters. The third-order valence-electron chi connectivity index (χ3n) is 3.42. The third-order valence-corrected chi connectivity index (χ3v) is 5.28. The van der Waals surface area contributed by atoms with Crippen molar-refractivity contribution in [3.8, 4) is 0 Å². The summed E-state index contributed by atoms with van der Waals surface area (Å²) in [6, 6.07) is 2.66. The van der Waals surface area contributed by atoms with Crippen LogP contribution >= 0.6 is 23.1 Å². The van der Waals surface area contributed by atoms with Gasteiger partial charge >= 0.3 is 0 Å². The second-order valence-corrected chi connectivity index (χ2v) is 7.11. The van der Waals surface area contributed by atoms with E-state index in [2.05, 4.69) is 39.0 Å². The highest BCUT2D eigenvalue weighted by Crippen LogP contribution is 2.28. The summed E-state index contributed by atoms with van der Waals surface area (Å²) in [5.74, 6) is 4.23. The summed E-state index contributed by atoms with van der Waals surface area (Å²) in [5.41, 5.74) is 0. The minimum Gasteiger partial charge on any atom is -0.367 e. The molecule has 3 heterocycles. The molecule has 1 fully saturated rings. The van der Waals surface area contributed by atoms with Crippen LogP contribution in [0.15, 0.2) is 11.4 Å². The number of hydrogen-bond donors (Lipinski definition) is 2. The Bertz CT molecular complexity index is 563. The summed E-state index contributed by atoms with van der Waals surface area (Å²) in [6.07, 6.45) is 3.52. The van der Waals surface area contributed by atoms with Gasteiger partial charge in [0.05, 0.1) is 5.39 Å². The number of hydrogen-bond acceptors (Lipinski definition) is 6. The van der Waals surface area contributed by atoms with Crippen LogP contribution in [0.3, 0.4) is 0 Å². The van der Waals surface area contributed by atoms with Gasteiger partial charge < -0.3 is 10.6 Å². The second kappa shape index (κ2) is 6.63. The first kappa shape index (κ1) is 13.9. The minimum absolute atomic E-state index is 0.549. The van der Waals surface area contributed by atoms with Gasteiger partial charge in [0.2, 0.25) is 5.95 Å². The maximum atomic E-state index is 4.67. The molecule has 0 radical (unpaired) electrons. The zero-order chi connectivity index (χ0) is 13.8. The first-order valence-corrected chi connectivity index (χ1v) is 9.23. The van der Waals surface area contributed by atoms with Gasteiger partial charge in [-0.25, -0.2) is 4.98 Å². The van der Waals surface area contributed by atoms with E-state index in [1.54, 1.807) is 11.3 Å². The molecule has 0 aromatic carbocycles. The van der Waals surface area contributed by atoms with Crippen molar-refractivity contribution in [1.82, 2.24) is 9.97 Å². The van der Waals surface area contributed by atoms with Crippen molar-refractivity contribution in [2.24, 2.45) is 0 Å². The van der Waals surface area contributed by atoms with Crippen LogP contribution in [-0.2, 0) is 0 Å². The zero-order valence-corrected chi connectivity index (χ0v) is 13.3. The molecule has 4 nitrogen and oxygen atoms in total. The van der Waals surface area contributed by atoms with Crippen molar-refractivity contribution in [1.29, 1.82) is 0 Å². The molecule has 1 aliphatic rings. The summed E-state index contributed by atoms with van der Waals surface area (Å²) >= 11 is 3.72. The Kier molecular flexibility index (Phi) is 4.62. The number of anilines is 2. The van der Waals surface area contributed by atoms with Gasteiger partial charge in [-0.1, -0.05) is 6.92 Å². The number of fused-ring (bicyclic) bond motifs is 1. The monoisotopic (exact) mass is 308 g/mol. The Labute approximate surface area is 127 Å². The minimum atomic E-state index is 0.549. The van der Waals surface area contributed by atoms with E-state index in [9.17, 15) is 0 Å². The molecule has 2 aromatic heterocycles. The molecule has 108 valence electrons. The molecule has 0 spiro atoms. The van der Waals surface area contributed by atoms with Crippen LogP contribution in [0.5, 0.6) is 0 Å². The molecule has 2 aromatic rings. The van der Waals surface area contributed by atoms with Crippen LogP contribution in [0, 0.1) is 0 Å². The van der Waals surface area contributed by atoms with Crippen LogP contribution in [0.4, 0.5) is 11.8 Å². The number of aromatic nitrogens is 2. The van der Waals surface area contributed by atoms with Gasteiger partial charge in [0, 0.05) is 12.6 Å². The molecule has 6 heteroatoms. The topological polar surface area (TPSA) is 49.8 Å². The van der Waals surface area contributed by atoms with Gasteiger partial charge in [0.25, 0.3) is 0 Å². The molecule has 20 heavy (non-hydrogen) atoms. The zero-order valence-electron chi connectivity index (χ0n) is 11.7. The van der Waals surface area contributed by atoms with Crippen LogP contribution in [0.1, 0.15) is 26.2 Å². The van der Waals surface area contributed by atoms with Gasteiger partial charge in [-0.15, -0.1) is 11.3 Å². The highest BCUT2D eigenvalue weighted by Gasteiger charge is 2.16. The number of thiophene rings is 1. The van der Waals surface area contributed by atoms with Gasteiger partial charge in [-0.05, 0) is 42.2 Å². The molecular formula is C14H20N4S2. The van der Waals surface area contributed by atoms with E-state index >= 15 is 0 Å². The van der Waals surface area contributed by atoms with Crippen LogP contribution in [0.2, 0.25) is 0 Å². The number of nitrogens with one attached hydrogen (secondary N) is 2. The van der Waals surface area contributed by atoms with Crippen LogP contribution in [0.25, 0.3) is 10.2 Å². The Hall–Kier alpha value is -1.01. The van der Waals surface area contributed by atoms with E-state index in [0.29, 0.717) is 6.04 Å². The molecule has 0 aliphatic carbocycles. The third kappa shape index (κ3) is 3.17. The molecule has 2 N–H and O–H groups in total. The first-order chi connectivity index (χ1) is 9.86. The lowest BCUT2D eigenvalue weighted by Gasteiger charge is -2.23. The van der Waals surface area contributed by atoms with E-state index in [1.807, 2.05) is 11.8 Å². The first-order valence-electron chi connectivity index (χ1n) is 7.20. The van der Waals surface area contributed by atoms with Crippen molar-refractivity contribution in [2.45, 2.75) is 32.2 Å². The van der Waals surface area contributed by atoms with Gasteiger partial charge in [0.15, 0.2) is 0 Å². The molecule has 0 atom stereocenters. The fraction of sp³-hybridized carbons (Fsp3) is 0.571. The number of nitrogens with zero attached hydrogens (tertiary/aromatic N) is 2. The Morgan fingerprint density at radius 2 is 2.15 bits per heavy atom.